The van der Waals surface area contributed by atoms with Gasteiger partial charge in [0.2, 0.25) is 0 Å². The van der Waals surface area contributed by atoms with Gasteiger partial charge >= 0.3 is 0 Å². The summed E-state index contributed by atoms with van der Waals surface area (Å²) in [5.74, 6) is -0.347. The molecule has 0 fully saturated rings. The molecule has 0 saturated heterocycles. The first kappa shape index (κ1) is 16.1. The van der Waals surface area contributed by atoms with Crippen LogP contribution in [0.4, 0.5) is 10.2 Å². The van der Waals surface area contributed by atoms with E-state index in [1.54, 1.807) is 0 Å². The van der Waals surface area contributed by atoms with Crippen molar-refractivity contribution in [1.82, 2.24) is 14.5 Å². The lowest BCUT2D eigenvalue weighted by molar-refractivity contribution is 0.475. The Bertz CT molecular complexity index is 1120. The smallest absolute Gasteiger partial charge is 0.142 e. The zero-order valence-corrected chi connectivity index (χ0v) is 14.1. The van der Waals surface area contributed by atoms with Gasteiger partial charge in [0, 0.05) is 34.8 Å². The lowest BCUT2D eigenvalue weighted by Gasteiger charge is -2.11. The molecule has 6 heteroatoms. The Labute approximate surface area is 149 Å². The number of nitrogen functional groups attached to an aromatic ring is 1. The molecule has 0 amide bonds. The van der Waals surface area contributed by atoms with Crippen molar-refractivity contribution in [3.63, 3.8) is 0 Å². The van der Waals surface area contributed by atoms with E-state index in [1.165, 1.54) is 24.4 Å². The number of fused-ring (bicyclic) bond motifs is 1. The van der Waals surface area contributed by atoms with E-state index in [1.807, 2.05) is 30.5 Å². The first-order valence-electron chi connectivity index (χ1n) is 8.27. The van der Waals surface area contributed by atoms with Crippen molar-refractivity contribution in [2.45, 2.75) is 13.5 Å². The number of benzene rings is 2. The summed E-state index contributed by atoms with van der Waals surface area (Å²) in [6.07, 6.45) is 3.49. The van der Waals surface area contributed by atoms with Crippen LogP contribution in [0.2, 0.25) is 0 Å². The minimum atomic E-state index is -0.469. The van der Waals surface area contributed by atoms with Crippen LogP contribution in [0.1, 0.15) is 6.92 Å². The number of aromatic nitrogens is 3. The number of aryl methyl sites for hydroxylation is 1. The zero-order chi connectivity index (χ0) is 18.3. The van der Waals surface area contributed by atoms with E-state index in [0.717, 1.165) is 23.0 Å². The SMILES string of the molecule is CCn1ccc2cc(-c3ncc(N)nc3-c3cc(F)ccc3O)ccc21. The molecule has 0 aliphatic heterocycles. The Kier molecular flexibility index (Phi) is 3.80. The fourth-order valence-electron chi connectivity index (χ4n) is 3.12. The van der Waals surface area contributed by atoms with E-state index in [4.69, 9.17) is 5.73 Å². The van der Waals surface area contributed by atoms with E-state index >= 15 is 0 Å². The lowest BCUT2D eigenvalue weighted by Crippen LogP contribution is -1.99. The van der Waals surface area contributed by atoms with E-state index in [-0.39, 0.29) is 17.1 Å². The van der Waals surface area contributed by atoms with Crippen LogP contribution in [0.5, 0.6) is 5.75 Å². The van der Waals surface area contributed by atoms with Crippen molar-refractivity contribution in [3.05, 3.63) is 60.7 Å². The first-order chi connectivity index (χ1) is 12.6. The van der Waals surface area contributed by atoms with Crippen molar-refractivity contribution in [1.29, 1.82) is 0 Å². The van der Waals surface area contributed by atoms with Crippen molar-refractivity contribution in [2.24, 2.45) is 0 Å². The van der Waals surface area contributed by atoms with Crippen LogP contribution in [-0.4, -0.2) is 19.6 Å². The average molecular weight is 348 g/mol. The summed E-state index contributed by atoms with van der Waals surface area (Å²) in [7, 11) is 0. The second-order valence-corrected chi connectivity index (χ2v) is 6.03. The maximum Gasteiger partial charge on any atom is 0.142 e. The second kappa shape index (κ2) is 6.15. The summed E-state index contributed by atoms with van der Waals surface area (Å²) < 4.78 is 15.9. The third-order valence-corrected chi connectivity index (χ3v) is 4.39. The zero-order valence-electron chi connectivity index (χ0n) is 14.1. The summed E-state index contributed by atoms with van der Waals surface area (Å²) in [4.78, 5) is 8.71. The Morgan fingerprint density at radius 3 is 2.77 bits per heavy atom. The molecule has 0 unspecified atom stereocenters. The van der Waals surface area contributed by atoms with Crippen LogP contribution in [-0.2, 0) is 6.54 Å². The molecule has 4 rings (SSSR count). The molecule has 0 atom stereocenters. The molecule has 0 bridgehead atoms. The average Bonchev–Trinajstić information content (AvgIpc) is 3.06. The maximum absolute atomic E-state index is 13.7. The summed E-state index contributed by atoms with van der Waals surface area (Å²) in [6.45, 7) is 2.97. The van der Waals surface area contributed by atoms with Crippen molar-refractivity contribution in [3.8, 4) is 28.3 Å². The van der Waals surface area contributed by atoms with Gasteiger partial charge in [-0.15, -0.1) is 0 Å². The Balaban J connectivity index is 1.94. The first-order valence-corrected chi connectivity index (χ1v) is 8.27. The van der Waals surface area contributed by atoms with Gasteiger partial charge < -0.3 is 15.4 Å². The number of nitrogens with two attached hydrogens (primary N) is 1. The fourth-order valence-corrected chi connectivity index (χ4v) is 3.12. The maximum atomic E-state index is 13.7. The van der Waals surface area contributed by atoms with Crippen LogP contribution >= 0.6 is 0 Å². The van der Waals surface area contributed by atoms with E-state index < -0.39 is 5.82 Å². The van der Waals surface area contributed by atoms with Gasteiger partial charge in [0.1, 0.15) is 23.1 Å². The third kappa shape index (κ3) is 2.65. The topological polar surface area (TPSA) is 77.0 Å². The van der Waals surface area contributed by atoms with Gasteiger partial charge in [-0.3, -0.25) is 4.98 Å². The Morgan fingerprint density at radius 2 is 1.96 bits per heavy atom. The van der Waals surface area contributed by atoms with Crippen LogP contribution < -0.4 is 5.73 Å². The van der Waals surface area contributed by atoms with E-state index in [2.05, 4.69) is 21.5 Å². The summed E-state index contributed by atoms with van der Waals surface area (Å²) in [6, 6.07) is 11.7. The predicted molar refractivity (Wildman–Crippen MR) is 100 cm³/mol. The molecule has 5 nitrogen and oxygen atoms in total. The highest BCUT2D eigenvalue weighted by Crippen LogP contribution is 2.36. The third-order valence-electron chi connectivity index (χ3n) is 4.39. The van der Waals surface area contributed by atoms with Gasteiger partial charge in [-0.05, 0) is 43.3 Å². The van der Waals surface area contributed by atoms with E-state index in [9.17, 15) is 9.50 Å². The number of rotatable bonds is 3. The van der Waals surface area contributed by atoms with Gasteiger partial charge in [-0.25, -0.2) is 9.37 Å². The summed E-state index contributed by atoms with van der Waals surface area (Å²) in [5.41, 5.74) is 8.86. The minimum absolute atomic E-state index is 0.0780. The second-order valence-electron chi connectivity index (χ2n) is 6.03. The van der Waals surface area contributed by atoms with Crippen LogP contribution in [0.25, 0.3) is 33.4 Å². The predicted octanol–water partition coefficient (Wildman–Crippen LogP) is 4.21. The number of phenols is 1. The molecular weight excluding hydrogens is 331 g/mol. The summed E-state index contributed by atoms with van der Waals surface area (Å²) >= 11 is 0. The van der Waals surface area contributed by atoms with Gasteiger partial charge in [-0.2, -0.15) is 0 Å². The number of phenolic OH excluding ortho intramolecular Hbond substituents is 1. The Morgan fingerprint density at radius 1 is 1.12 bits per heavy atom. The van der Waals surface area contributed by atoms with Gasteiger partial charge in [0.15, 0.2) is 0 Å². The summed E-state index contributed by atoms with van der Waals surface area (Å²) in [5, 5.41) is 11.2. The van der Waals surface area contributed by atoms with E-state index in [0.29, 0.717) is 11.4 Å². The van der Waals surface area contributed by atoms with Crippen molar-refractivity contribution < 1.29 is 9.50 Å². The number of halogens is 1. The number of anilines is 1. The molecule has 2 aromatic carbocycles. The highest BCUT2D eigenvalue weighted by atomic mass is 19.1. The molecule has 2 aromatic heterocycles. The molecule has 0 aliphatic rings. The number of hydrogen-bond acceptors (Lipinski definition) is 4. The van der Waals surface area contributed by atoms with Crippen molar-refractivity contribution >= 4 is 16.7 Å². The molecule has 0 saturated carbocycles. The molecule has 0 aliphatic carbocycles. The molecule has 3 N–H and O–H groups in total. The van der Waals surface area contributed by atoms with Gasteiger partial charge in [0.05, 0.1) is 11.9 Å². The quantitative estimate of drug-likeness (QED) is 0.581. The molecule has 0 spiro atoms. The molecule has 4 aromatic rings. The van der Waals surface area contributed by atoms with Crippen LogP contribution in [0.15, 0.2) is 54.9 Å². The van der Waals surface area contributed by atoms with Crippen LogP contribution in [0, 0.1) is 5.82 Å². The number of nitrogens with zero attached hydrogens (tertiary/aromatic N) is 3. The Hall–Kier alpha value is -3.41. The molecule has 26 heavy (non-hydrogen) atoms. The van der Waals surface area contributed by atoms with Crippen molar-refractivity contribution in [2.75, 3.05) is 5.73 Å². The van der Waals surface area contributed by atoms with Gasteiger partial charge in [0.25, 0.3) is 0 Å². The molecule has 0 radical (unpaired) electrons. The highest BCUT2D eigenvalue weighted by Gasteiger charge is 2.16. The molecular formula is C20H17FN4O. The van der Waals surface area contributed by atoms with Gasteiger partial charge in [-0.1, -0.05) is 6.07 Å². The normalized spacial score (nSPS) is 11.2. The largest absolute Gasteiger partial charge is 0.507 e. The molecule has 130 valence electrons. The monoisotopic (exact) mass is 348 g/mol. The lowest BCUT2D eigenvalue weighted by atomic mass is 10.0. The fraction of sp³-hybridized carbons (Fsp3) is 0.100. The molecule has 2 heterocycles. The number of aromatic hydroxyl groups is 1. The highest BCUT2D eigenvalue weighted by molar-refractivity contribution is 5.89. The van der Waals surface area contributed by atoms with Crippen LogP contribution in [0.3, 0.4) is 0 Å². The minimum Gasteiger partial charge on any atom is -0.507 e. The standard InChI is InChI=1S/C20H17FN4O/c1-2-25-8-7-12-9-13(3-5-16(12)25)19-20(24-18(22)11-23-19)15-10-14(21)4-6-17(15)26/h3-11,26H,2H2,1H3,(H2,22,24). The number of hydrogen-bond donors (Lipinski definition) is 2.